The van der Waals surface area contributed by atoms with Crippen molar-refractivity contribution in [2.75, 3.05) is 13.2 Å². The predicted octanol–water partition coefficient (Wildman–Crippen LogP) is -0.208. The smallest absolute Gasteiger partial charge is 0.301 e. The number of phosphoric acid groups is 1. The summed E-state index contributed by atoms with van der Waals surface area (Å²) in [6.45, 7) is -0.377. The maximum atomic E-state index is 10.6. The molecule has 0 amide bonds. The summed E-state index contributed by atoms with van der Waals surface area (Å²) in [5.74, 6) is 0. The van der Waals surface area contributed by atoms with Gasteiger partial charge in [-0.25, -0.2) is 9.45 Å². The van der Waals surface area contributed by atoms with E-state index in [1.807, 2.05) is 0 Å². The van der Waals surface area contributed by atoms with E-state index in [0.29, 0.717) is 0 Å². The Morgan fingerprint density at radius 3 is 2.67 bits per heavy atom. The first kappa shape index (κ1) is 9.99. The van der Waals surface area contributed by atoms with E-state index in [-0.39, 0.29) is 13.2 Å². The normalized spacial score (nSPS) is 34.4. The van der Waals surface area contributed by atoms with Gasteiger partial charge >= 0.3 is 7.82 Å². The molecule has 0 bridgehead atoms. The summed E-state index contributed by atoms with van der Waals surface area (Å²) in [6.07, 6.45) is 0. The van der Waals surface area contributed by atoms with Gasteiger partial charge in [-0.05, 0) is 20.2 Å². The molecular formula is C2H5O9P. The van der Waals surface area contributed by atoms with Gasteiger partial charge in [0.25, 0.3) is 0 Å². The van der Waals surface area contributed by atoms with Crippen LogP contribution >= 0.6 is 7.82 Å². The van der Waals surface area contributed by atoms with E-state index in [9.17, 15) is 4.57 Å². The molecule has 1 aliphatic heterocycles. The van der Waals surface area contributed by atoms with E-state index >= 15 is 0 Å². The molecule has 1 heterocycles. The second kappa shape index (κ2) is 4.82. The quantitative estimate of drug-likeness (QED) is 0.424. The van der Waals surface area contributed by atoms with Gasteiger partial charge in [-0.2, -0.15) is 0 Å². The van der Waals surface area contributed by atoms with Gasteiger partial charge in [-0.15, -0.1) is 0 Å². The number of hydrogen-bond acceptors (Lipinski definition) is 8. The van der Waals surface area contributed by atoms with Crippen LogP contribution in [-0.4, -0.2) is 18.1 Å². The lowest BCUT2D eigenvalue weighted by molar-refractivity contribution is -0.748. The Balaban J connectivity index is 2.32. The van der Waals surface area contributed by atoms with Crippen LogP contribution in [0.15, 0.2) is 0 Å². The first-order valence-corrected chi connectivity index (χ1v) is 4.15. The highest BCUT2D eigenvalue weighted by molar-refractivity contribution is 7.47. The number of rotatable bonds is 0. The first-order chi connectivity index (χ1) is 5.71. The maximum absolute atomic E-state index is 10.6. The number of phosphoric ester groups is 1. The van der Waals surface area contributed by atoms with E-state index in [2.05, 4.69) is 34.2 Å². The van der Waals surface area contributed by atoms with Crippen LogP contribution in [0.1, 0.15) is 0 Å². The SMILES string of the molecule is O=P1(O)OCCOOOOOO1. The van der Waals surface area contributed by atoms with Gasteiger partial charge < -0.3 is 4.89 Å². The summed E-state index contributed by atoms with van der Waals surface area (Å²) >= 11 is 0. The van der Waals surface area contributed by atoms with Gasteiger partial charge in [0.05, 0.1) is 6.61 Å². The maximum Gasteiger partial charge on any atom is 0.501 e. The van der Waals surface area contributed by atoms with Crippen molar-refractivity contribution in [3.63, 3.8) is 0 Å². The third kappa shape index (κ3) is 4.07. The fraction of sp³-hybridized carbons (Fsp3) is 1.00. The Labute approximate surface area is 65.9 Å². The molecule has 0 spiro atoms. The topological polar surface area (TPSA) is 102 Å². The van der Waals surface area contributed by atoms with E-state index in [0.717, 1.165) is 0 Å². The standard InChI is InChI=1S/C2H5O9P/c3-12(4)6-2-1-5-7-8-9-10-11-12/h1-2H2,(H,3,4). The molecule has 1 atom stereocenters. The first-order valence-electron chi connectivity index (χ1n) is 2.66. The van der Waals surface area contributed by atoms with Crippen LogP contribution < -0.4 is 0 Å². The van der Waals surface area contributed by atoms with Crippen LogP contribution in [0.5, 0.6) is 0 Å². The van der Waals surface area contributed by atoms with E-state index in [4.69, 9.17) is 4.89 Å². The molecule has 1 saturated heterocycles. The van der Waals surface area contributed by atoms with Gasteiger partial charge in [0.15, 0.2) is 0 Å². The lowest BCUT2D eigenvalue weighted by Gasteiger charge is -2.10. The molecular weight excluding hydrogens is 199 g/mol. The molecule has 0 aromatic heterocycles. The summed E-state index contributed by atoms with van der Waals surface area (Å²) in [5, 5.41) is 14.6. The lowest BCUT2D eigenvalue weighted by atomic mass is 10.8. The summed E-state index contributed by atoms with van der Waals surface area (Å²) in [6, 6.07) is 0. The molecule has 1 unspecified atom stereocenters. The van der Waals surface area contributed by atoms with E-state index < -0.39 is 7.82 Å². The summed E-state index contributed by atoms with van der Waals surface area (Å²) in [5.41, 5.74) is 0. The van der Waals surface area contributed by atoms with Crippen molar-refractivity contribution in [2.24, 2.45) is 0 Å². The van der Waals surface area contributed by atoms with Gasteiger partial charge in [0.1, 0.15) is 6.61 Å². The molecule has 1 N–H and O–H groups in total. The third-order valence-electron chi connectivity index (χ3n) is 0.677. The van der Waals surface area contributed by atoms with Crippen LogP contribution in [0.4, 0.5) is 0 Å². The Morgan fingerprint density at radius 1 is 1.08 bits per heavy atom. The minimum absolute atomic E-state index is 0.142. The molecule has 0 aliphatic carbocycles. The van der Waals surface area contributed by atoms with Gasteiger partial charge in [0.2, 0.25) is 0 Å². The summed E-state index contributed by atoms with van der Waals surface area (Å²) < 4.78 is 18.6. The van der Waals surface area contributed by atoms with Crippen molar-refractivity contribution >= 4 is 7.82 Å². The van der Waals surface area contributed by atoms with Crippen molar-refractivity contribution in [1.29, 1.82) is 0 Å². The average Bonchev–Trinajstić information content (AvgIpc) is 2.02. The second-order valence-electron chi connectivity index (χ2n) is 1.47. The average molecular weight is 204 g/mol. The molecule has 9 nitrogen and oxygen atoms in total. The highest BCUT2D eigenvalue weighted by Gasteiger charge is 2.24. The van der Waals surface area contributed by atoms with Crippen LogP contribution in [-0.2, 0) is 38.8 Å². The molecule has 1 aliphatic rings. The fourth-order valence-electron chi connectivity index (χ4n) is 0.335. The lowest BCUT2D eigenvalue weighted by Crippen LogP contribution is -2.09. The zero-order chi connectivity index (χ0) is 8.86. The van der Waals surface area contributed by atoms with Crippen molar-refractivity contribution in [2.45, 2.75) is 0 Å². The fourth-order valence-corrected chi connectivity index (χ4v) is 0.785. The van der Waals surface area contributed by atoms with Gasteiger partial charge in [-0.3, -0.25) is 4.52 Å². The minimum Gasteiger partial charge on any atom is -0.301 e. The molecule has 1 rings (SSSR count). The largest absolute Gasteiger partial charge is 0.501 e. The van der Waals surface area contributed by atoms with Gasteiger partial charge in [0, 0.05) is 0 Å². The van der Waals surface area contributed by atoms with E-state index in [1.165, 1.54) is 0 Å². The molecule has 0 radical (unpaired) electrons. The molecule has 0 saturated carbocycles. The van der Waals surface area contributed by atoms with E-state index in [1.54, 1.807) is 0 Å². The Kier molecular flexibility index (Phi) is 4.01. The Hall–Kier alpha value is -0.0900. The van der Waals surface area contributed by atoms with Crippen LogP contribution in [0.25, 0.3) is 0 Å². The van der Waals surface area contributed by atoms with Crippen molar-refractivity contribution in [3.05, 3.63) is 0 Å². The highest BCUT2D eigenvalue weighted by Crippen LogP contribution is 2.43. The predicted molar refractivity (Wildman–Crippen MR) is 27.2 cm³/mol. The second-order valence-corrected chi connectivity index (χ2v) is 2.81. The molecule has 10 heteroatoms. The summed E-state index contributed by atoms with van der Waals surface area (Å²) in [4.78, 5) is 12.8. The van der Waals surface area contributed by atoms with Crippen LogP contribution in [0.2, 0.25) is 0 Å². The van der Waals surface area contributed by atoms with Crippen molar-refractivity contribution < 1.29 is 43.7 Å². The molecule has 1 fully saturated rings. The van der Waals surface area contributed by atoms with Crippen molar-refractivity contribution in [1.82, 2.24) is 0 Å². The third-order valence-corrected chi connectivity index (χ3v) is 1.44. The molecule has 0 aromatic rings. The zero-order valence-corrected chi connectivity index (χ0v) is 6.47. The Bertz CT molecular complexity index is 154. The van der Waals surface area contributed by atoms with Crippen LogP contribution in [0.3, 0.4) is 0 Å². The number of hydrogen-bond donors (Lipinski definition) is 1. The van der Waals surface area contributed by atoms with Gasteiger partial charge in [-0.1, -0.05) is 4.67 Å². The highest BCUT2D eigenvalue weighted by atomic mass is 31.2. The molecule has 0 aromatic carbocycles. The minimum atomic E-state index is -4.27. The molecule has 72 valence electrons. The Morgan fingerprint density at radius 2 is 1.83 bits per heavy atom. The monoisotopic (exact) mass is 204 g/mol. The van der Waals surface area contributed by atoms with Crippen LogP contribution in [0, 0.1) is 0 Å². The zero-order valence-electron chi connectivity index (χ0n) is 5.57. The summed E-state index contributed by atoms with van der Waals surface area (Å²) in [7, 11) is -4.27. The van der Waals surface area contributed by atoms with Crippen molar-refractivity contribution in [3.8, 4) is 0 Å². The molecule has 12 heavy (non-hydrogen) atoms.